The summed E-state index contributed by atoms with van der Waals surface area (Å²) in [5, 5.41) is 2.77. The van der Waals surface area contributed by atoms with Gasteiger partial charge in [0, 0.05) is 26.7 Å². The summed E-state index contributed by atoms with van der Waals surface area (Å²) in [5.41, 5.74) is 0. The standard InChI is InChI=1S/C7H14N2O2/c1-11-5-4-9-3-2-8-7(10)6-9/h2-6H2,1H3,(H,8,10). The number of nitrogens with zero attached hydrogens (tertiary/aromatic N) is 1. The van der Waals surface area contributed by atoms with E-state index in [1.807, 2.05) is 0 Å². The van der Waals surface area contributed by atoms with Crippen LogP contribution in [0.5, 0.6) is 0 Å². The van der Waals surface area contributed by atoms with Crippen molar-refractivity contribution in [2.75, 3.05) is 39.9 Å². The number of amides is 1. The number of hydrogen-bond donors (Lipinski definition) is 1. The van der Waals surface area contributed by atoms with Gasteiger partial charge in [-0.1, -0.05) is 0 Å². The van der Waals surface area contributed by atoms with E-state index >= 15 is 0 Å². The van der Waals surface area contributed by atoms with E-state index in [9.17, 15) is 4.79 Å². The number of piperazine rings is 1. The molecule has 0 aromatic carbocycles. The highest BCUT2D eigenvalue weighted by atomic mass is 16.5. The molecule has 1 aliphatic rings. The highest BCUT2D eigenvalue weighted by Gasteiger charge is 2.14. The minimum absolute atomic E-state index is 0.118. The molecule has 1 rings (SSSR count). The van der Waals surface area contributed by atoms with Crippen LogP contribution in [0.15, 0.2) is 0 Å². The van der Waals surface area contributed by atoms with E-state index in [4.69, 9.17) is 4.74 Å². The van der Waals surface area contributed by atoms with Gasteiger partial charge in [0.25, 0.3) is 0 Å². The first-order chi connectivity index (χ1) is 5.33. The van der Waals surface area contributed by atoms with E-state index in [0.29, 0.717) is 13.2 Å². The van der Waals surface area contributed by atoms with Gasteiger partial charge in [-0.15, -0.1) is 0 Å². The van der Waals surface area contributed by atoms with Crippen LogP contribution < -0.4 is 5.32 Å². The van der Waals surface area contributed by atoms with Crippen molar-refractivity contribution < 1.29 is 9.53 Å². The van der Waals surface area contributed by atoms with Crippen LogP contribution in [0.2, 0.25) is 0 Å². The maximum Gasteiger partial charge on any atom is 0.234 e. The lowest BCUT2D eigenvalue weighted by molar-refractivity contribution is -0.124. The number of carbonyl (C=O) groups excluding carboxylic acids is 1. The molecule has 1 amide bonds. The Hall–Kier alpha value is -0.610. The molecule has 0 aromatic heterocycles. The van der Waals surface area contributed by atoms with Crippen molar-refractivity contribution in [2.24, 2.45) is 0 Å². The zero-order valence-corrected chi connectivity index (χ0v) is 6.80. The van der Waals surface area contributed by atoms with Crippen molar-refractivity contribution in [3.8, 4) is 0 Å². The zero-order chi connectivity index (χ0) is 8.10. The van der Waals surface area contributed by atoms with Crippen molar-refractivity contribution in [3.63, 3.8) is 0 Å². The number of ether oxygens (including phenoxy) is 1. The van der Waals surface area contributed by atoms with E-state index in [-0.39, 0.29) is 5.91 Å². The molecule has 0 aromatic rings. The van der Waals surface area contributed by atoms with E-state index in [1.54, 1.807) is 7.11 Å². The van der Waals surface area contributed by atoms with Crippen molar-refractivity contribution in [3.05, 3.63) is 0 Å². The van der Waals surface area contributed by atoms with Gasteiger partial charge in [0.05, 0.1) is 13.2 Å². The Morgan fingerprint density at radius 3 is 3.18 bits per heavy atom. The quantitative estimate of drug-likeness (QED) is 0.576. The van der Waals surface area contributed by atoms with Gasteiger partial charge in [-0.25, -0.2) is 0 Å². The SMILES string of the molecule is COCCN1CCNC(=O)C1. The van der Waals surface area contributed by atoms with E-state index in [0.717, 1.165) is 19.6 Å². The van der Waals surface area contributed by atoms with Crippen LogP contribution in [-0.2, 0) is 9.53 Å². The molecule has 1 N–H and O–H groups in total. The summed E-state index contributed by atoms with van der Waals surface area (Å²) < 4.78 is 4.91. The predicted octanol–water partition coefficient (Wildman–Crippen LogP) is -0.935. The Morgan fingerprint density at radius 1 is 1.73 bits per heavy atom. The maximum absolute atomic E-state index is 10.8. The van der Waals surface area contributed by atoms with Gasteiger partial charge < -0.3 is 10.1 Å². The van der Waals surface area contributed by atoms with Crippen molar-refractivity contribution in [1.82, 2.24) is 10.2 Å². The highest BCUT2D eigenvalue weighted by Crippen LogP contribution is 1.91. The first-order valence-corrected chi connectivity index (χ1v) is 3.81. The molecule has 0 radical (unpaired) electrons. The molecule has 0 bridgehead atoms. The number of carbonyl (C=O) groups is 1. The van der Waals surface area contributed by atoms with Crippen LogP contribution in [0.1, 0.15) is 0 Å². The molecule has 4 heteroatoms. The van der Waals surface area contributed by atoms with Gasteiger partial charge in [0.15, 0.2) is 0 Å². The predicted molar refractivity (Wildman–Crippen MR) is 41.3 cm³/mol. The van der Waals surface area contributed by atoms with E-state index in [2.05, 4.69) is 10.2 Å². The molecule has 0 unspecified atom stereocenters. The molecule has 11 heavy (non-hydrogen) atoms. The summed E-state index contributed by atoms with van der Waals surface area (Å²) in [5.74, 6) is 0.118. The summed E-state index contributed by atoms with van der Waals surface area (Å²) in [7, 11) is 1.67. The average molecular weight is 158 g/mol. The Kier molecular flexibility index (Phi) is 3.32. The number of hydrogen-bond acceptors (Lipinski definition) is 3. The monoisotopic (exact) mass is 158 g/mol. The molecule has 0 aliphatic carbocycles. The molecule has 1 heterocycles. The fourth-order valence-corrected chi connectivity index (χ4v) is 1.10. The van der Waals surface area contributed by atoms with Crippen LogP contribution in [0.3, 0.4) is 0 Å². The number of methoxy groups -OCH3 is 1. The number of nitrogens with one attached hydrogen (secondary N) is 1. The molecule has 0 spiro atoms. The van der Waals surface area contributed by atoms with Gasteiger partial charge in [-0.3, -0.25) is 9.69 Å². The van der Waals surface area contributed by atoms with Crippen LogP contribution in [-0.4, -0.2) is 50.7 Å². The Bertz CT molecular complexity index is 138. The van der Waals surface area contributed by atoms with Crippen LogP contribution >= 0.6 is 0 Å². The fraction of sp³-hybridized carbons (Fsp3) is 0.857. The minimum atomic E-state index is 0.118. The Balaban J connectivity index is 2.17. The summed E-state index contributed by atoms with van der Waals surface area (Å²) >= 11 is 0. The van der Waals surface area contributed by atoms with Gasteiger partial charge in [0.1, 0.15) is 0 Å². The molecule has 0 atom stereocenters. The van der Waals surface area contributed by atoms with Crippen molar-refractivity contribution >= 4 is 5.91 Å². The van der Waals surface area contributed by atoms with Crippen molar-refractivity contribution in [1.29, 1.82) is 0 Å². The molecule has 1 saturated heterocycles. The van der Waals surface area contributed by atoms with Gasteiger partial charge in [-0.2, -0.15) is 0 Å². The summed E-state index contributed by atoms with van der Waals surface area (Å²) in [6.07, 6.45) is 0. The third-order valence-corrected chi connectivity index (χ3v) is 1.73. The molecule has 1 fully saturated rings. The Labute approximate surface area is 66.5 Å². The summed E-state index contributed by atoms with van der Waals surface area (Å²) in [6, 6.07) is 0. The average Bonchev–Trinajstić information content (AvgIpc) is 2.01. The zero-order valence-electron chi connectivity index (χ0n) is 6.80. The van der Waals surface area contributed by atoms with Crippen LogP contribution in [0, 0.1) is 0 Å². The third-order valence-electron chi connectivity index (χ3n) is 1.73. The normalized spacial score (nSPS) is 19.9. The molecule has 64 valence electrons. The number of rotatable bonds is 3. The summed E-state index contributed by atoms with van der Waals surface area (Å²) in [6.45, 7) is 3.78. The molecule has 1 aliphatic heterocycles. The minimum Gasteiger partial charge on any atom is -0.383 e. The maximum atomic E-state index is 10.8. The summed E-state index contributed by atoms with van der Waals surface area (Å²) in [4.78, 5) is 12.9. The fourth-order valence-electron chi connectivity index (χ4n) is 1.10. The second kappa shape index (κ2) is 4.31. The van der Waals surface area contributed by atoms with Gasteiger partial charge in [-0.05, 0) is 0 Å². The van der Waals surface area contributed by atoms with Gasteiger partial charge in [0.2, 0.25) is 5.91 Å². The van der Waals surface area contributed by atoms with E-state index < -0.39 is 0 Å². The topological polar surface area (TPSA) is 41.6 Å². The Morgan fingerprint density at radius 2 is 2.55 bits per heavy atom. The lowest BCUT2D eigenvalue weighted by atomic mass is 10.3. The second-order valence-electron chi connectivity index (χ2n) is 2.62. The third kappa shape index (κ3) is 2.86. The molecule has 4 nitrogen and oxygen atoms in total. The second-order valence-corrected chi connectivity index (χ2v) is 2.62. The largest absolute Gasteiger partial charge is 0.383 e. The molecular formula is C7H14N2O2. The molecule has 0 saturated carbocycles. The lowest BCUT2D eigenvalue weighted by Crippen LogP contribution is -2.48. The van der Waals surface area contributed by atoms with E-state index in [1.165, 1.54) is 0 Å². The highest BCUT2D eigenvalue weighted by molar-refractivity contribution is 5.78. The van der Waals surface area contributed by atoms with Crippen LogP contribution in [0.4, 0.5) is 0 Å². The first-order valence-electron chi connectivity index (χ1n) is 3.81. The van der Waals surface area contributed by atoms with Crippen molar-refractivity contribution in [2.45, 2.75) is 0 Å². The smallest absolute Gasteiger partial charge is 0.234 e. The van der Waals surface area contributed by atoms with Crippen LogP contribution in [0.25, 0.3) is 0 Å². The van der Waals surface area contributed by atoms with Gasteiger partial charge >= 0.3 is 0 Å². The first kappa shape index (κ1) is 8.49. The molecular weight excluding hydrogens is 144 g/mol. The lowest BCUT2D eigenvalue weighted by Gasteiger charge is -2.25.